The molecule has 0 aliphatic carbocycles. The highest BCUT2D eigenvalue weighted by atomic mass is 19.1. The minimum atomic E-state index is 0.500. The maximum Gasteiger partial charge on any atom is 0.0785 e. The van der Waals surface area contributed by atoms with Crippen molar-refractivity contribution in [1.29, 1.82) is 0 Å². The minimum Gasteiger partial charge on any atom is -0.255 e. The molecule has 0 nitrogen and oxygen atoms in total. The number of alkyl halides is 1. The van der Waals surface area contributed by atoms with E-state index in [0.717, 1.165) is 5.92 Å². The fourth-order valence-corrected chi connectivity index (χ4v) is 1.10. The van der Waals surface area contributed by atoms with Gasteiger partial charge in [-0.2, -0.15) is 0 Å². The molecule has 0 saturated heterocycles. The summed E-state index contributed by atoms with van der Waals surface area (Å²) in [5.74, 6) is 0.815. The normalized spacial score (nSPS) is 9.31. The van der Waals surface area contributed by atoms with E-state index >= 15 is 0 Å². The van der Waals surface area contributed by atoms with Crippen molar-refractivity contribution in [2.75, 3.05) is 7.18 Å². The van der Waals surface area contributed by atoms with Crippen molar-refractivity contribution in [3.63, 3.8) is 0 Å². The monoisotopic (exact) mass is 182 g/mol. The lowest BCUT2D eigenvalue weighted by atomic mass is 10.0. The zero-order valence-electron chi connectivity index (χ0n) is 8.76. The molecule has 0 aliphatic rings. The van der Waals surface area contributed by atoms with Gasteiger partial charge in [-0.1, -0.05) is 44.2 Å². The van der Waals surface area contributed by atoms with E-state index in [1.54, 1.807) is 0 Å². The third kappa shape index (κ3) is 6.32. The van der Waals surface area contributed by atoms with Crippen molar-refractivity contribution in [2.24, 2.45) is 5.92 Å². The molecule has 0 aromatic heterocycles. The van der Waals surface area contributed by atoms with Crippen LogP contribution in [0.15, 0.2) is 30.3 Å². The van der Waals surface area contributed by atoms with Gasteiger partial charge in [0.1, 0.15) is 0 Å². The molecule has 0 amide bonds. The van der Waals surface area contributed by atoms with Crippen molar-refractivity contribution >= 4 is 0 Å². The maximum atomic E-state index is 9.50. The molecule has 0 atom stereocenters. The third-order valence-electron chi connectivity index (χ3n) is 1.85. The average Bonchev–Trinajstić information content (AvgIpc) is 2.19. The lowest BCUT2D eigenvalue weighted by Crippen LogP contribution is -1.91. The number of rotatable bonds is 3. The van der Waals surface area contributed by atoms with E-state index in [9.17, 15) is 4.39 Å². The summed E-state index contributed by atoms with van der Waals surface area (Å²) in [5.41, 5.74) is 1.46. The summed E-state index contributed by atoms with van der Waals surface area (Å²) in [5, 5.41) is 0. The summed E-state index contributed by atoms with van der Waals surface area (Å²) >= 11 is 0. The van der Waals surface area contributed by atoms with Crippen molar-refractivity contribution < 1.29 is 4.39 Å². The van der Waals surface area contributed by atoms with Crippen LogP contribution < -0.4 is 0 Å². The van der Waals surface area contributed by atoms with Gasteiger partial charge in [-0.25, -0.2) is 0 Å². The van der Waals surface area contributed by atoms with Gasteiger partial charge in [-0.3, -0.25) is 4.39 Å². The van der Waals surface area contributed by atoms with Crippen LogP contribution in [0.1, 0.15) is 25.8 Å². The van der Waals surface area contributed by atoms with E-state index in [0.29, 0.717) is 7.18 Å². The molecule has 0 aliphatic heterocycles. The fourth-order valence-electron chi connectivity index (χ4n) is 1.10. The van der Waals surface area contributed by atoms with Crippen LogP contribution in [0.5, 0.6) is 0 Å². The molecule has 0 unspecified atom stereocenters. The topological polar surface area (TPSA) is 0 Å². The molecule has 0 heterocycles. The van der Waals surface area contributed by atoms with Gasteiger partial charge in [0.15, 0.2) is 0 Å². The van der Waals surface area contributed by atoms with Gasteiger partial charge in [0.05, 0.1) is 7.18 Å². The zero-order valence-corrected chi connectivity index (χ0v) is 8.76. The molecule has 74 valence electrons. The predicted molar refractivity (Wildman–Crippen MR) is 56.6 cm³/mol. The number of hydrogen-bond donors (Lipinski definition) is 0. The van der Waals surface area contributed by atoms with Crippen LogP contribution in [0.2, 0.25) is 0 Å². The van der Waals surface area contributed by atoms with E-state index in [-0.39, 0.29) is 0 Å². The Morgan fingerprint density at radius 3 is 2.08 bits per heavy atom. The van der Waals surface area contributed by atoms with Gasteiger partial charge in [-0.05, 0) is 24.3 Å². The largest absolute Gasteiger partial charge is 0.255 e. The van der Waals surface area contributed by atoms with E-state index < -0.39 is 0 Å². The van der Waals surface area contributed by atoms with Crippen LogP contribution in [0.3, 0.4) is 0 Å². The Morgan fingerprint density at radius 1 is 1.08 bits per heavy atom. The number of benzene rings is 1. The maximum absolute atomic E-state index is 9.50. The first-order chi connectivity index (χ1) is 6.29. The molecule has 1 aromatic carbocycles. The summed E-state index contributed by atoms with van der Waals surface area (Å²) in [6, 6.07) is 10.7. The molecule has 0 fully saturated rings. The summed E-state index contributed by atoms with van der Waals surface area (Å²) in [4.78, 5) is 0. The minimum absolute atomic E-state index is 0.500. The zero-order chi connectivity index (χ0) is 10.1. The molecule has 0 saturated carbocycles. The van der Waals surface area contributed by atoms with Crippen LogP contribution in [-0.2, 0) is 6.42 Å². The predicted octanol–water partition coefficient (Wildman–Crippen LogP) is 3.86. The average molecular weight is 182 g/mol. The molecular formula is C12H19F. The van der Waals surface area contributed by atoms with Gasteiger partial charge in [0, 0.05) is 0 Å². The van der Waals surface area contributed by atoms with E-state index in [2.05, 4.69) is 44.2 Å². The summed E-state index contributed by atoms with van der Waals surface area (Å²) in [7, 11) is 0.500. The first kappa shape index (κ1) is 12.2. The Kier molecular flexibility index (Phi) is 7.27. The van der Waals surface area contributed by atoms with Crippen molar-refractivity contribution in [1.82, 2.24) is 0 Å². The van der Waals surface area contributed by atoms with Gasteiger partial charge in [0.25, 0.3) is 0 Å². The molecule has 1 rings (SSSR count). The second-order valence-electron chi connectivity index (χ2n) is 3.42. The highest BCUT2D eigenvalue weighted by molar-refractivity contribution is 5.14. The molecule has 1 aromatic rings. The Morgan fingerprint density at radius 2 is 1.62 bits per heavy atom. The number of hydrogen-bond acceptors (Lipinski definition) is 0. The Labute approximate surface area is 80.8 Å². The van der Waals surface area contributed by atoms with E-state index in [1.807, 2.05) is 0 Å². The summed E-state index contributed by atoms with van der Waals surface area (Å²) < 4.78 is 9.50. The Bertz CT molecular complexity index is 192. The summed E-state index contributed by atoms with van der Waals surface area (Å²) in [6.45, 7) is 4.53. The second kappa shape index (κ2) is 7.78. The molecule has 0 spiro atoms. The SMILES string of the molecule is CC(C)CCc1ccccc1.CF. The van der Waals surface area contributed by atoms with Gasteiger partial charge in [0.2, 0.25) is 0 Å². The highest BCUT2D eigenvalue weighted by Gasteiger charge is 1.94. The van der Waals surface area contributed by atoms with Crippen LogP contribution in [-0.4, -0.2) is 7.18 Å². The molecular weight excluding hydrogens is 163 g/mol. The molecule has 1 heteroatoms. The molecule has 0 radical (unpaired) electrons. The molecule has 0 N–H and O–H groups in total. The van der Waals surface area contributed by atoms with Crippen molar-refractivity contribution in [3.8, 4) is 0 Å². The number of aryl methyl sites for hydroxylation is 1. The highest BCUT2D eigenvalue weighted by Crippen LogP contribution is 2.07. The van der Waals surface area contributed by atoms with Crippen LogP contribution in [0.4, 0.5) is 4.39 Å². The van der Waals surface area contributed by atoms with Gasteiger partial charge >= 0.3 is 0 Å². The van der Waals surface area contributed by atoms with E-state index in [4.69, 9.17) is 0 Å². The lowest BCUT2D eigenvalue weighted by molar-refractivity contribution is 0.587. The smallest absolute Gasteiger partial charge is 0.0785 e. The fraction of sp³-hybridized carbons (Fsp3) is 0.500. The summed E-state index contributed by atoms with van der Waals surface area (Å²) in [6.07, 6.45) is 2.52. The molecule has 13 heavy (non-hydrogen) atoms. The van der Waals surface area contributed by atoms with Crippen LogP contribution >= 0.6 is 0 Å². The lowest BCUT2D eigenvalue weighted by Gasteiger charge is -2.03. The van der Waals surface area contributed by atoms with Crippen molar-refractivity contribution in [2.45, 2.75) is 26.7 Å². The van der Waals surface area contributed by atoms with Gasteiger partial charge in [-0.15, -0.1) is 0 Å². The van der Waals surface area contributed by atoms with Gasteiger partial charge < -0.3 is 0 Å². The number of halogens is 1. The van der Waals surface area contributed by atoms with Crippen LogP contribution in [0, 0.1) is 5.92 Å². The van der Waals surface area contributed by atoms with E-state index in [1.165, 1.54) is 18.4 Å². The first-order valence-electron chi connectivity index (χ1n) is 4.71. The standard InChI is InChI=1S/C11H16.CH3F/c1-10(2)8-9-11-6-4-3-5-7-11;1-2/h3-7,10H,8-9H2,1-2H3;1H3. The quantitative estimate of drug-likeness (QED) is 0.666. The van der Waals surface area contributed by atoms with Crippen molar-refractivity contribution in [3.05, 3.63) is 35.9 Å². The molecule has 0 bridgehead atoms. The Hall–Kier alpha value is -0.850. The first-order valence-corrected chi connectivity index (χ1v) is 4.71. The van der Waals surface area contributed by atoms with Crippen LogP contribution in [0.25, 0.3) is 0 Å². The Balaban J connectivity index is 0.000000671. The third-order valence-corrected chi connectivity index (χ3v) is 1.85. The second-order valence-corrected chi connectivity index (χ2v) is 3.42.